The molecule has 0 radical (unpaired) electrons. The summed E-state index contributed by atoms with van der Waals surface area (Å²) in [4.78, 5) is 34.5. The predicted molar refractivity (Wildman–Crippen MR) is 118 cm³/mol. The van der Waals surface area contributed by atoms with Gasteiger partial charge in [-0.1, -0.05) is 0 Å². The minimum absolute atomic E-state index is 0.0674. The number of carbonyl (C=O) groups excluding carboxylic acids is 1. The number of anilines is 2. The molecule has 4 heterocycles. The highest BCUT2D eigenvalue weighted by Gasteiger charge is 2.27. The van der Waals surface area contributed by atoms with E-state index in [1.165, 1.54) is 6.07 Å². The predicted octanol–water partition coefficient (Wildman–Crippen LogP) is 2.66. The monoisotopic (exact) mass is 436 g/mol. The van der Waals surface area contributed by atoms with Gasteiger partial charge in [0, 0.05) is 67.9 Å². The van der Waals surface area contributed by atoms with Gasteiger partial charge in [0.25, 0.3) is 0 Å². The first-order valence-electron chi connectivity index (χ1n) is 10.6. The zero-order valence-corrected chi connectivity index (χ0v) is 17.8. The van der Waals surface area contributed by atoms with Crippen LogP contribution in [-0.4, -0.2) is 43.9 Å². The highest BCUT2D eigenvalue weighted by Crippen LogP contribution is 2.33. The van der Waals surface area contributed by atoms with E-state index in [1.54, 1.807) is 24.7 Å². The molecule has 10 heteroatoms. The molecular formula is C22H25FN8O. The molecule has 1 unspecified atom stereocenters. The van der Waals surface area contributed by atoms with Crippen molar-refractivity contribution in [2.24, 2.45) is 5.73 Å². The third-order valence-electron chi connectivity index (χ3n) is 5.43. The van der Waals surface area contributed by atoms with Crippen molar-refractivity contribution in [3.63, 3.8) is 0 Å². The number of nitrogens with two attached hydrogens (primary N) is 1. The van der Waals surface area contributed by atoms with E-state index in [2.05, 4.69) is 30.2 Å². The van der Waals surface area contributed by atoms with Crippen molar-refractivity contribution in [3.05, 3.63) is 54.0 Å². The van der Waals surface area contributed by atoms with Crippen molar-refractivity contribution < 1.29 is 9.18 Å². The highest BCUT2D eigenvalue weighted by molar-refractivity contribution is 5.73. The Morgan fingerprint density at radius 3 is 2.78 bits per heavy atom. The standard InChI is InChI=1S/C22H25FN8O/c1-14-16-13-28-22(21-26-8-4-9-27-21)29-17(16)6-10-31(14)20-12-15(11-18(23)30-20)25-7-3-2-5-19(24)32/h4,8-9,11-14H,2-3,5-7,10H2,1H3,(H2,24,32)(H,25,30). The summed E-state index contributed by atoms with van der Waals surface area (Å²) in [7, 11) is 0. The molecule has 32 heavy (non-hydrogen) atoms. The molecule has 0 saturated carbocycles. The SMILES string of the molecule is CC1c2cnc(-c3ncccn3)nc2CCN1c1cc(NCCCCC(N)=O)cc(F)n1. The van der Waals surface area contributed by atoms with Gasteiger partial charge < -0.3 is 16.0 Å². The van der Waals surface area contributed by atoms with Gasteiger partial charge in [0.05, 0.1) is 11.7 Å². The molecule has 1 amide bonds. The van der Waals surface area contributed by atoms with E-state index < -0.39 is 5.95 Å². The van der Waals surface area contributed by atoms with Gasteiger partial charge in [-0.15, -0.1) is 0 Å². The number of pyridine rings is 1. The van der Waals surface area contributed by atoms with Crippen molar-refractivity contribution in [3.8, 4) is 11.6 Å². The lowest BCUT2D eigenvalue weighted by Gasteiger charge is -2.35. The van der Waals surface area contributed by atoms with Gasteiger partial charge in [-0.2, -0.15) is 4.39 Å². The number of rotatable bonds is 8. The van der Waals surface area contributed by atoms with E-state index in [0.29, 0.717) is 55.5 Å². The molecule has 1 aliphatic heterocycles. The molecule has 1 aliphatic rings. The van der Waals surface area contributed by atoms with Crippen LogP contribution < -0.4 is 16.0 Å². The maximum atomic E-state index is 14.2. The Bertz CT molecular complexity index is 1090. The number of halogens is 1. The fraction of sp³-hybridized carbons (Fsp3) is 0.364. The third-order valence-corrected chi connectivity index (χ3v) is 5.43. The van der Waals surface area contributed by atoms with E-state index in [0.717, 1.165) is 17.7 Å². The van der Waals surface area contributed by atoms with Gasteiger partial charge in [-0.25, -0.2) is 24.9 Å². The minimum atomic E-state index is -0.548. The number of carbonyl (C=O) groups is 1. The van der Waals surface area contributed by atoms with Crippen LogP contribution in [0.25, 0.3) is 11.6 Å². The molecule has 0 spiro atoms. The molecule has 9 nitrogen and oxygen atoms in total. The van der Waals surface area contributed by atoms with Crippen LogP contribution in [0, 0.1) is 5.95 Å². The summed E-state index contributed by atoms with van der Waals surface area (Å²) in [6.45, 7) is 3.30. The van der Waals surface area contributed by atoms with Crippen LogP contribution in [0.3, 0.4) is 0 Å². The Balaban J connectivity index is 1.48. The van der Waals surface area contributed by atoms with Crippen molar-refractivity contribution in [1.29, 1.82) is 0 Å². The zero-order chi connectivity index (χ0) is 22.5. The Kier molecular flexibility index (Phi) is 6.48. The molecule has 3 aromatic heterocycles. The van der Waals surface area contributed by atoms with E-state index in [-0.39, 0.29) is 11.9 Å². The number of aromatic nitrogens is 5. The summed E-state index contributed by atoms with van der Waals surface area (Å²) in [5.41, 5.74) is 7.72. The first-order chi connectivity index (χ1) is 15.5. The number of fused-ring (bicyclic) bond motifs is 1. The van der Waals surface area contributed by atoms with Crippen LogP contribution >= 0.6 is 0 Å². The average molecular weight is 436 g/mol. The Morgan fingerprint density at radius 1 is 1.19 bits per heavy atom. The number of amides is 1. The Morgan fingerprint density at radius 2 is 2.00 bits per heavy atom. The van der Waals surface area contributed by atoms with Crippen molar-refractivity contribution >= 4 is 17.4 Å². The molecule has 0 aliphatic carbocycles. The van der Waals surface area contributed by atoms with E-state index in [9.17, 15) is 9.18 Å². The molecule has 0 aromatic carbocycles. The van der Waals surface area contributed by atoms with Crippen LogP contribution in [0.15, 0.2) is 36.8 Å². The van der Waals surface area contributed by atoms with Crippen LogP contribution in [0.5, 0.6) is 0 Å². The van der Waals surface area contributed by atoms with Crippen molar-refractivity contribution in [2.45, 2.75) is 38.6 Å². The number of hydrogen-bond donors (Lipinski definition) is 2. The summed E-state index contributed by atoms with van der Waals surface area (Å²) in [6, 6.07) is 4.89. The summed E-state index contributed by atoms with van der Waals surface area (Å²) < 4.78 is 14.2. The Hall–Kier alpha value is -3.69. The summed E-state index contributed by atoms with van der Waals surface area (Å²) >= 11 is 0. The van der Waals surface area contributed by atoms with Crippen LogP contribution in [0.1, 0.15) is 43.5 Å². The van der Waals surface area contributed by atoms with Gasteiger partial charge in [0.1, 0.15) is 5.82 Å². The van der Waals surface area contributed by atoms with Gasteiger partial charge in [-0.05, 0) is 25.8 Å². The first-order valence-corrected chi connectivity index (χ1v) is 10.6. The molecule has 3 aromatic rings. The maximum Gasteiger partial charge on any atom is 0.217 e. The molecular weight excluding hydrogens is 411 g/mol. The van der Waals surface area contributed by atoms with Crippen LogP contribution in [0.4, 0.5) is 15.9 Å². The maximum absolute atomic E-state index is 14.2. The minimum Gasteiger partial charge on any atom is -0.385 e. The molecule has 0 saturated heterocycles. The van der Waals surface area contributed by atoms with Crippen molar-refractivity contribution in [2.75, 3.05) is 23.3 Å². The number of unbranched alkanes of at least 4 members (excludes halogenated alkanes) is 1. The van der Waals surface area contributed by atoms with E-state index >= 15 is 0 Å². The lowest BCUT2D eigenvalue weighted by Crippen LogP contribution is -2.35. The molecule has 0 fully saturated rings. The zero-order valence-electron chi connectivity index (χ0n) is 17.8. The van der Waals surface area contributed by atoms with E-state index in [1.807, 2.05) is 17.9 Å². The largest absolute Gasteiger partial charge is 0.385 e. The molecule has 0 bridgehead atoms. The molecule has 1 atom stereocenters. The summed E-state index contributed by atoms with van der Waals surface area (Å²) in [5.74, 6) is 0.681. The second-order valence-electron chi connectivity index (χ2n) is 7.67. The fourth-order valence-electron chi connectivity index (χ4n) is 3.79. The lowest BCUT2D eigenvalue weighted by atomic mass is 9.99. The summed E-state index contributed by atoms with van der Waals surface area (Å²) in [6.07, 6.45) is 7.60. The lowest BCUT2D eigenvalue weighted by molar-refractivity contribution is -0.118. The molecule has 166 valence electrons. The van der Waals surface area contributed by atoms with Gasteiger partial charge in [0.15, 0.2) is 11.6 Å². The second-order valence-corrected chi connectivity index (χ2v) is 7.67. The summed E-state index contributed by atoms with van der Waals surface area (Å²) in [5, 5.41) is 3.20. The number of hydrogen-bond acceptors (Lipinski definition) is 8. The fourth-order valence-corrected chi connectivity index (χ4v) is 3.79. The second kappa shape index (κ2) is 9.63. The third kappa shape index (κ3) is 4.96. The topological polar surface area (TPSA) is 123 Å². The average Bonchev–Trinajstić information content (AvgIpc) is 2.79. The van der Waals surface area contributed by atoms with Gasteiger partial charge in [0.2, 0.25) is 11.9 Å². The molecule has 4 rings (SSSR count). The van der Waals surface area contributed by atoms with Crippen molar-refractivity contribution in [1.82, 2.24) is 24.9 Å². The van der Waals surface area contributed by atoms with Gasteiger partial charge >= 0.3 is 0 Å². The number of nitrogens with zero attached hydrogens (tertiary/aromatic N) is 6. The number of primary amides is 1. The van der Waals surface area contributed by atoms with Crippen LogP contribution in [0.2, 0.25) is 0 Å². The van der Waals surface area contributed by atoms with Gasteiger partial charge in [-0.3, -0.25) is 4.79 Å². The quantitative estimate of drug-likeness (QED) is 0.408. The Labute approximate surface area is 185 Å². The van der Waals surface area contributed by atoms with Crippen LogP contribution in [-0.2, 0) is 11.2 Å². The normalized spacial score (nSPS) is 15.3. The smallest absolute Gasteiger partial charge is 0.217 e. The highest BCUT2D eigenvalue weighted by atomic mass is 19.1. The first kappa shape index (κ1) is 21.5. The molecule has 3 N–H and O–H groups in total. The van der Waals surface area contributed by atoms with E-state index in [4.69, 9.17) is 5.73 Å². The number of nitrogens with one attached hydrogen (secondary N) is 1.